The van der Waals surface area contributed by atoms with E-state index in [1.807, 2.05) is 32.9 Å². The Morgan fingerprint density at radius 2 is 1.68 bits per heavy atom. The van der Waals surface area contributed by atoms with Crippen LogP contribution in [0.15, 0.2) is 42.5 Å². The van der Waals surface area contributed by atoms with Crippen molar-refractivity contribution in [1.82, 2.24) is 14.7 Å². The minimum Gasteiger partial charge on any atom is -0.507 e. The fraction of sp³-hybridized carbons (Fsp3) is 0.533. The summed E-state index contributed by atoms with van der Waals surface area (Å²) in [5.41, 5.74) is 4.18. The van der Waals surface area contributed by atoms with Gasteiger partial charge in [0.2, 0.25) is 0 Å². The highest BCUT2D eigenvalue weighted by atomic mass is 16.3. The average molecular weight is 464 g/mol. The van der Waals surface area contributed by atoms with E-state index in [4.69, 9.17) is 0 Å². The molecule has 0 atom stereocenters. The summed E-state index contributed by atoms with van der Waals surface area (Å²) in [6.07, 6.45) is 2.41. The van der Waals surface area contributed by atoms with Crippen molar-refractivity contribution >= 4 is 0 Å². The Kier molecular flexibility index (Phi) is 12.2. The van der Waals surface area contributed by atoms with Gasteiger partial charge in [-0.1, -0.05) is 69.9 Å². The standard InChI is InChI=1S/C28H39N3O.C2H6/c1-5-31(6-2)27-14-17-30(18-15-27)22-26-20-25(19-23(3)28(26)32)13-10-16-29(4)21-24-11-8-7-9-12-24;1-2/h7-9,11-12,19-20,27,32H,5-6,14-18,21-22H2,1-4H3;1-2H3. The van der Waals surface area contributed by atoms with Gasteiger partial charge in [0.05, 0.1) is 6.54 Å². The fourth-order valence-corrected chi connectivity index (χ4v) is 4.70. The molecule has 1 fully saturated rings. The second-order valence-corrected chi connectivity index (χ2v) is 8.99. The number of piperidine rings is 1. The quantitative estimate of drug-likeness (QED) is 0.522. The maximum absolute atomic E-state index is 10.7. The van der Waals surface area contributed by atoms with Crippen molar-refractivity contribution in [2.24, 2.45) is 0 Å². The number of phenolic OH excluding ortho intramolecular Hbond substituents is 1. The predicted octanol–water partition coefficient (Wildman–Crippen LogP) is 5.52. The minimum atomic E-state index is 0.419. The zero-order chi connectivity index (χ0) is 24.9. The molecule has 2 aromatic carbocycles. The molecular formula is C30H45N3O. The summed E-state index contributed by atoms with van der Waals surface area (Å²) in [6, 6.07) is 15.2. The number of rotatable bonds is 8. The van der Waals surface area contributed by atoms with Crippen LogP contribution in [0.2, 0.25) is 0 Å². The van der Waals surface area contributed by atoms with Crippen LogP contribution in [0.1, 0.15) is 62.8 Å². The van der Waals surface area contributed by atoms with Gasteiger partial charge in [0, 0.05) is 30.3 Å². The van der Waals surface area contributed by atoms with E-state index in [-0.39, 0.29) is 0 Å². The molecule has 3 rings (SSSR count). The Balaban J connectivity index is 0.00000199. The second kappa shape index (κ2) is 14.8. The van der Waals surface area contributed by atoms with Gasteiger partial charge in [-0.25, -0.2) is 0 Å². The summed E-state index contributed by atoms with van der Waals surface area (Å²) in [5, 5.41) is 10.7. The number of likely N-dealkylation sites (tertiary alicyclic amines) is 1. The number of aryl methyl sites for hydroxylation is 1. The first-order valence-electron chi connectivity index (χ1n) is 13.0. The van der Waals surface area contributed by atoms with Crippen LogP contribution in [-0.4, -0.2) is 65.6 Å². The van der Waals surface area contributed by atoms with Crippen LogP contribution >= 0.6 is 0 Å². The SMILES string of the molecule is CC.CCN(CC)C1CCN(Cc2cc(C#CCN(C)Cc3ccccc3)cc(C)c2O)CC1. The first-order valence-corrected chi connectivity index (χ1v) is 13.0. The fourth-order valence-electron chi connectivity index (χ4n) is 4.70. The molecule has 186 valence electrons. The largest absolute Gasteiger partial charge is 0.507 e. The molecule has 0 radical (unpaired) electrons. The van der Waals surface area contributed by atoms with E-state index in [2.05, 4.69) is 77.8 Å². The van der Waals surface area contributed by atoms with Gasteiger partial charge in [-0.05, 0) is 76.3 Å². The van der Waals surface area contributed by atoms with E-state index >= 15 is 0 Å². The molecule has 0 spiro atoms. The van der Waals surface area contributed by atoms with Gasteiger partial charge in [0.25, 0.3) is 0 Å². The molecule has 0 saturated carbocycles. The highest BCUT2D eigenvalue weighted by molar-refractivity contribution is 5.48. The molecule has 1 heterocycles. The predicted molar refractivity (Wildman–Crippen MR) is 145 cm³/mol. The van der Waals surface area contributed by atoms with Crippen LogP contribution in [0.25, 0.3) is 0 Å². The Bertz CT molecular complexity index is 904. The topological polar surface area (TPSA) is 30.0 Å². The van der Waals surface area contributed by atoms with Gasteiger partial charge < -0.3 is 10.0 Å². The van der Waals surface area contributed by atoms with Gasteiger partial charge in [-0.15, -0.1) is 0 Å². The number of benzene rings is 2. The molecule has 4 heteroatoms. The van der Waals surface area contributed by atoms with Crippen molar-refractivity contribution in [1.29, 1.82) is 0 Å². The zero-order valence-electron chi connectivity index (χ0n) is 22.3. The molecular weight excluding hydrogens is 418 g/mol. The minimum absolute atomic E-state index is 0.419. The molecule has 0 amide bonds. The highest BCUT2D eigenvalue weighted by Crippen LogP contribution is 2.27. The normalized spacial score (nSPS) is 14.5. The summed E-state index contributed by atoms with van der Waals surface area (Å²) in [7, 11) is 2.09. The van der Waals surface area contributed by atoms with Crippen molar-refractivity contribution in [3.8, 4) is 17.6 Å². The monoisotopic (exact) mass is 463 g/mol. The maximum Gasteiger partial charge on any atom is 0.123 e. The third-order valence-electron chi connectivity index (χ3n) is 6.54. The zero-order valence-corrected chi connectivity index (χ0v) is 22.3. The van der Waals surface area contributed by atoms with Crippen molar-refractivity contribution in [3.63, 3.8) is 0 Å². The lowest BCUT2D eigenvalue weighted by atomic mass is 10.0. The smallest absolute Gasteiger partial charge is 0.123 e. The van der Waals surface area contributed by atoms with Crippen LogP contribution in [0, 0.1) is 18.8 Å². The molecule has 1 saturated heterocycles. The van der Waals surface area contributed by atoms with Crippen molar-refractivity contribution in [2.45, 2.75) is 66.6 Å². The van der Waals surface area contributed by atoms with Crippen LogP contribution < -0.4 is 0 Å². The molecule has 4 nitrogen and oxygen atoms in total. The molecule has 34 heavy (non-hydrogen) atoms. The summed E-state index contributed by atoms with van der Waals surface area (Å²) < 4.78 is 0. The summed E-state index contributed by atoms with van der Waals surface area (Å²) >= 11 is 0. The molecule has 1 N–H and O–H groups in total. The van der Waals surface area contributed by atoms with Crippen molar-refractivity contribution < 1.29 is 5.11 Å². The van der Waals surface area contributed by atoms with Gasteiger partial charge in [0.15, 0.2) is 0 Å². The summed E-state index contributed by atoms with van der Waals surface area (Å²) in [6.45, 7) is 17.3. The van der Waals surface area contributed by atoms with Gasteiger partial charge in [0.1, 0.15) is 5.75 Å². The summed E-state index contributed by atoms with van der Waals surface area (Å²) in [4.78, 5) is 7.26. The second-order valence-electron chi connectivity index (χ2n) is 8.99. The summed E-state index contributed by atoms with van der Waals surface area (Å²) in [5.74, 6) is 7.04. The number of hydrogen-bond acceptors (Lipinski definition) is 4. The van der Waals surface area contributed by atoms with Gasteiger partial charge in [-0.3, -0.25) is 9.80 Å². The van der Waals surface area contributed by atoms with Crippen LogP contribution in [0.3, 0.4) is 0 Å². The number of phenols is 1. The lowest BCUT2D eigenvalue weighted by Gasteiger charge is -2.37. The number of aromatic hydroxyl groups is 1. The lowest BCUT2D eigenvalue weighted by Crippen LogP contribution is -2.44. The van der Waals surface area contributed by atoms with Crippen molar-refractivity contribution in [2.75, 3.05) is 39.8 Å². The Labute approximate surface area is 208 Å². The Hall–Kier alpha value is -2.32. The van der Waals surface area contributed by atoms with E-state index in [0.29, 0.717) is 18.3 Å². The van der Waals surface area contributed by atoms with Crippen LogP contribution in [0.4, 0.5) is 0 Å². The van der Waals surface area contributed by atoms with E-state index in [9.17, 15) is 5.11 Å². The highest BCUT2D eigenvalue weighted by Gasteiger charge is 2.23. The van der Waals surface area contributed by atoms with E-state index < -0.39 is 0 Å². The van der Waals surface area contributed by atoms with Gasteiger partial charge >= 0.3 is 0 Å². The van der Waals surface area contributed by atoms with E-state index in [0.717, 1.165) is 56.0 Å². The molecule has 2 aromatic rings. The van der Waals surface area contributed by atoms with Crippen molar-refractivity contribution in [3.05, 3.63) is 64.7 Å². The lowest BCUT2D eigenvalue weighted by molar-refractivity contribution is 0.112. The number of hydrogen-bond donors (Lipinski definition) is 1. The Morgan fingerprint density at radius 1 is 1.03 bits per heavy atom. The molecule has 1 aliphatic rings. The average Bonchev–Trinajstić information content (AvgIpc) is 2.86. The molecule has 1 aliphatic heterocycles. The van der Waals surface area contributed by atoms with Crippen LogP contribution in [0.5, 0.6) is 5.75 Å². The third kappa shape index (κ3) is 8.47. The molecule has 0 aromatic heterocycles. The molecule has 0 unspecified atom stereocenters. The molecule has 0 bridgehead atoms. The van der Waals surface area contributed by atoms with Gasteiger partial charge in [-0.2, -0.15) is 0 Å². The first-order chi connectivity index (χ1) is 16.5. The van der Waals surface area contributed by atoms with E-state index in [1.165, 1.54) is 18.4 Å². The number of nitrogens with zero attached hydrogens (tertiary/aromatic N) is 3. The Morgan fingerprint density at radius 3 is 2.29 bits per heavy atom. The van der Waals surface area contributed by atoms with E-state index in [1.54, 1.807) is 0 Å². The molecule has 0 aliphatic carbocycles. The third-order valence-corrected chi connectivity index (χ3v) is 6.54. The maximum atomic E-state index is 10.7. The van der Waals surface area contributed by atoms with Crippen LogP contribution in [-0.2, 0) is 13.1 Å². The first kappa shape index (κ1) is 27.9.